The van der Waals surface area contributed by atoms with E-state index < -0.39 is 0 Å². The highest BCUT2D eigenvalue weighted by Crippen LogP contribution is 2.08. The van der Waals surface area contributed by atoms with Crippen molar-refractivity contribution in [1.82, 2.24) is 25.7 Å². The van der Waals surface area contributed by atoms with Gasteiger partial charge in [-0.05, 0) is 13.8 Å². The smallest absolute Gasteiger partial charge is 0.255 e. The predicted molar refractivity (Wildman–Crippen MR) is 58.4 cm³/mol. The monoisotopic (exact) mass is 235 g/mol. The van der Waals surface area contributed by atoms with Crippen LogP contribution in [0.1, 0.15) is 27.6 Å². The fourth-order valence-corrected chi connectivity index (χ4v) is 1.56. The molecule has 7 heteroatoms. The third-order valence-electron chi connectivity index (χ3n) is 2.39. The van der Waals surface area contributed by atoms with Crippen LogP contribution in [0.15, 0.2) is 10.9 Å². The molecular formula is C10H13N5O2. The molecule has 2 rings (SSSR count). The molecule has 17 heavy (non-hydrogen) atoms. The lowest BCUT2D eigenvalue weighted by Gasteiger charge is -2.03. The Hall–Kier alpha value is -2.18. The van der Waals surface area contributed by atoms with E-state index in [2.05, 4.69) is 25.7 Å². The topological polar surface area (TPSA) is 96.7 Å². The molecule has 0 fully saturated rings. The van der Waals surface area contributed by atoms with Crippen molar-refractivity contribution in [3.05, 3.63) is 29.2 Å². The van der Waals surface area contributed by atoms with E-state index in [0.717, 1.165) is 5.69 Å². The number of rotatable bonds is 4. The fraction of sp³-hybridized carbons (Fsp3) is 0.400. The van der Waals surface area contributed by atoms with Crippen molar-refractivity contribution in [1.29, 1.82) is 0 Å². The highest BCUT2D eigenvalue weighted by Gasteiger charge is 2.14. The fourth-order valence-electron chi connectivity index (χ4n) is 1.56. The Kier molecular flexibility index (Phi) is 3.17. The number of nitrogens with zero attached hydrogens (tertiary/aromatic N) is 3. The summed E-state index contributed by atoms with van der Waals surface area (Å²) in [6, 6.07) is 0. The molecule has 7 nitrogen and oxygen atoms in total. The number of nitrogens with one attached hydrogen (secondary N) is 2. The Labute approximate surface area is 97.6 Å². The highest BCUT2D eigenvalue weighted by atomic mass is 16.5. The number of H-pyrrole nitrogens is 1. The lowest BCUT2D eigenvalue weighted by molar-refractivity contribution is 0.0952. The van der Waals surface area contributed by atoms with Crippen LogP contribution in [-0.4, -0.2) is 32.8 Å². The van der Waals surface area contributed by atoms with E-state index in [1.165, 1.54) is 6.33 Å². The molecule has 0 saturated heterocycles. The second kappa shape index (κ2) is 4.77. The number of hydrogen-bond donors (Lipinski definition) is 2. The summed E-state index contributed by atoms with van der Waals surface area (Å²) >= 11 is 0. The minimum Gasteiger partial charge on any atom is -0.351 e. The van der Waals surface area contributed by atoms with Crippen molar-refractivity contribution >= 4 is 5.91 Å². The standard InChI is InChI=1S/C10H13N5O2/c1-6-9(7(2)15-14-6)10(16)11-4-3-8-12-5-13-17-8/h5H,3-4H2,1-2H3,(H,11,16)(H,14,15). The Bertz CT molecular complexity index is 483. The molecule has 2 N–H and O–H groups in total. The molecule has 90 valence electrons. The van der Waals surface area contributed by atoms with Crippen LogP contribution in [0.2, 0.25) is 0 Å². The minimum atomic E-state index is -0.145. The Balaban J connectivity index is 1.90. The van der Waals surface area contributed by atoms with Gasteiger partial charge in [0, 0.05) is 18.7 Å². The Morgan fingerprint density at radius 1 is 1.53 bits per heavy atom. The van der Waals surface area contributed by atoms with Gasteiger partial charge in [0.05, 0.1) is 11.3 Å². The van der Waals surface area contributed by atoms with E-state index >= 15 is 0 Å². The van der Waals surface area contributed by atoms with Crippen molar-refractivity contribution < 1.29 is 9.32 Å². The largest absolute Gasteiger partial charge is 0.351 e. The maximum atomic E-state index is 11.8. The Morgan fingerprint density at radius 3 is 2.94 bits per heavy atom. The second-order valence-electron chi connectivity index (χ2n) is 3.65. The third kappa shape index (κ3) is 2.49. The van der Waals surface area contributed by atoms with Gasteiger partial charge in [-0.2, -0.15) is 10.1 Å². The zero-order chi connectivity index (χ0) is 12.3. The number of carbonyl (C=O) groups excluding carboxylic acids is 1. The van der Waals surface area contributed by atoms with Crippen LogP contribution in [0.3, 0.4) is 0 Å². The zero-order valence-electron chi connectivity index (χ0n) is 9.65. The molecule has 0 spiro atoms. The number of hydrogen-bond acceptors (Lipinski definition) is 5. The van der Waals surface area contributed by atoms with Crippen LogP contribution in [-0.2, 0) is 6.42 Å². The van der Waals surface area contributed by atoms with Gasteiger partial charge in [0.15, 0.2) is 6.33 Å². The molecular weight excluding hydrogens is 222 g/mol. The summed E-state index contributed by atoms with van der Waals surface area (Å²) in [7, 11) is 0. The maximum absolute atomic E-state index is 11.8. The van der Waals surface area contributed by atoms with Crippen LogP contribution in [0.5, 0.6) is 0 Å². The molecule has 2 aromatic rings. The van der Waals surface area contributed by atoms with Gasteiger partial charge >= 0.3 is 0 Å². The van der Waals surface area contributed by atoms with Crippen LogP contribution in [0.4, 0.5) is 0 Å². The van der Waals surface area contributed by atoms with E-state index in [9.17, 15) is 4.79 Å². The molecule has 0 aliphatic heterocycles. The first-order valence-corrected chi connectivity index (χ1v) is 5.24. The van der Waals surface area contributed by atoms with Crippen molar-refractivity contribution in [2.45, 2.75) is 20.3 Å². The zero-order valence-corrected chi connectivity index (χ0v) is 9.65. The quantitative estimate of drug-likeness (QED) is 0.798. The van der Waals surface area contributed by atoms with Gasteiger partial charge < -0.3 is 9.84 Å². The average Bonchev–Trinajstić information content (AvgIpc) is 2.89. The molecule has 0 aliphatic carbocycles. The number of amides is 1. The van der Waals surface area contributed by atoms with Crippen LogP contribution < -0.4 is 5.32 Å². The molecule has 0 atom stereocenters. The van der Waals surface area contributed by atoms with Gasteiger partial charge in [-0.3, -0.25) is 9.89 Å². The first-order chi connectivity index (χ1) is 8.18. The van der Waals surface area contributed by atoms with Crippen molar-refractivity contribution in [2.24, 2.45) is 0 Å². The number of aryl methyl sites for hydroxylation is 2. The first-order valence-electron chi connectivity index (χ1n) is 5.24. The van der Waals surface area contributed by atoms with E-state index in [1.54, 1.807) is 6.92 Å². The minimum absolute atomic E-state index is 0.145. The highest BCUT2D eigenvalue weighted by molar-refractivity contribution is 5.96. The summed E-state index contributed by atoms with van der Waals surface area (Å²) in [6.07, 6.45) is 1.85. The molecule has 0 radical (unpaired) electrons. The van der Waals surface area contributed by atoms with Gasteiger partial charge in [-0.1, -0.05) is 5.16 Å². The molecule has 0 saturated carbocycles. The number of aromatic nitrogens is 4. The molecule has 2 heterocycles. The molecule has 1 amide bonds. The number of aromatic amines is 1. The summed E-state index contributed by atoms with van der Waals surface area (Å²) in [5.41, 5.74) is 2.05. The molecule has 2 aromatic heterocycles. The van der Waals surface area contributed by atoms with Gasteiger partial charge in [-0.25, -0.2) is 0 Å². The van der Waals surface area contributed by atoms with Crippen molar-refractivity contribution in [2.75, 3.05) is 6.54 Å². The first kappa shape index (κ1) is 11.3. The normalized spacial score (nSPS) is 10.5. The van der Waals surface area contributed by atoms with Crippen molar-refractivity contribution in [3.8, 4) is 0 Å². The average molecular weight is 235 g/mol. The summed E-state index contributed by atoms with van der Waals surface area (Å²) in [5, 5.41) is 13.0. The van der Waals surface area contributed by atoms with E-state index in [4.69, 9.17) is 4.52 Å². The van der Waals surface area contributed by atoms with E-state index in [0.29, 0.717) is 30.1 Å². The maximum Gasteiger partial charge on any atom is 0.255 e. The summed E-state index contributed by atoms with van der Waals surface area (Å²) in [6.45, 7) is 4.05. The van der Waals surface area contributed by atoms with E-state index in [1.807, 2.05) is 6.92 Å². The predicted octanol–water partition coefficient (Wildman–Crippen LogP) is 0.382. The van der Waals surface area contributed by atoms with Crippen LogP contribution in [0, 0.1) is 13.8 Å². The lowest BCUT2D eigenvalue weighted by Crippen LogP contribution is -2.26. The van der Waals surface area contributed by atoms with Gasteiger partial charge in [0.1, 0.15) is 0 Å². The van der Waals surface area contributed by atoms with E-state index in [-0.39, 0.29) is 5.91 Å². The molecule has 0 bridgehead atoms. The molecule has 0 aliphatic rings. The van der Waals surface area contributed by atoms with Gasteiger partial charge in [0.2, 0.25) is 5.89 Å². The summed E-state index contributed by atoms with van der Waals surface area (Å²) in [5.74, 6) is 0.360. The van der Waals surface area contributed by atoms with Crippen LogP contribution >= 0.6 is 0 Å². The SMILES string of the molecule is Cc1n[nH]c(C)c1C(=O)NCCc1ncno1. The molecule has 0 unspecified atom stereocenters. The van der Waals surface area contributed by atoms with Crippen LogP contribution in [0.25, 0.3) is 0 Å². The second-order valence-corrected chi connectivity index (χ2v) is 3.65. The Morgan fingerprint density at radius 2 is 2.35 bits per heavy atom. The van der Waals surface area contributed by atoms with Gasteiger partial charge in [-0.15, -0.1) is 0 Å². The summed E-state index contributed by atoms with van der Waals surface area (Å²) in [4.78, 5) is 15.7. The van der Waals surface area contributed by atoms with Crippen molar-refractivity contribution in [3.63, 3.8) is 0 Å². The molecule has 0 aromatic carbocycles. The summed E-state index contributed by atoms with van der Waals surface area (Å²) < 4.78 is 4.82. The third-order valence-corrected chi connectivity index (χ3v) is 2.39. The lowest BCUT2D eigenvalue weighted by atomic mass is 10.2. The van der Waals surface area contributed by atoms with Gasteiger partial charge in [0.25, 0.3) is 5.91 Å². The number of carbonyl (C=O) groups is 1.